The van der Waals surface area contributed by atoms with E-state index in [0.717, 1.165) is 18.7 Å². The van der Waals surface area contributed by atoms with Crippen molar-refractivity contribution in [3.05, 3.63) is 12.4 Å². The van der Waals surface area contributed by atoms with Gasteiger partial charge in [-0.3, -0.25) is 4.79 Å². The van der Waals surface area contributed by atoms with Gasteiger partial charge in [-0.15, -0.1) is 0 Å². The Hall–Kier alpha value is -1.85. The van der Waals surface area contributed by atoms with E-state index in [1.54, 1.807) is 11.0 Å². The molecule has 1 aliphatic heterocycles. The van der Waals surface area contributed by atoms with Crippen LogP contribution in [0.5, 0.6) is 5.88 Å². The van der Waals surface area contributed by atoms with Crippen molar-refractivity contribution in [1.29, 1.82) is 0 Å². The number of amides is 1. The van der Waals surface area contributed by atoms with Crippen LogP contribution < -0.4 is 10.1 Å². The SMILES string of the molecule is CCCOc1cc(NC2CCC(=O)N(C)C2)ncn1. The van der Waals surface area contributed by atoms with Gasteiger partial charge in [-0.1, -0.05) is 6.92 Å². The molecule has 19 heavy (non-hydrogen) atoms. The quantitative estimate of drug-likeness (QED) is 0.868. The zero-order chi connectivity index (χ0) is 13.7. The van der Waals surface area contributed by atoms with Gasteiger partial charge in [0.05, 0.1) is 6.61 Å². The Balaban J connectivity index is 1.93. The van der Waals surface area contributed by atoms with Gasteiger partial charge in [0.25, 0.3) is 0 Å². The molecule has 1 amide bonds. The first kappa shape index (κ1) is 13.6. The lowest BCUT2D eigenvalue weighted by Crippen LogP contribution is -2.43. The highest BCUT2D eigenvalue weighted by Crippen LogP contribution is 2.17. The number of rotatable bonds is 5. The number of hydrogen-bond acceptors (Lipinski definition) is 5. The number of hydrogen-bond donors (Lipinski definition) is 1. The van der Waals surface area contributed by atoms with Gasteiger partial charge in [-0.05, 0) is 12.8 Å². The van der Waals surface area contributed by atoms with Gasteiger partial charge in [-0.2, -0.15) is 0 Å². The maximum absolute atomic E-state index is 11.4. The minimum atomic E-state index is 0.202. The van der Waals surface area contributed by atoms with E-state index in [-0.39, 0.29) is 11.9 Å². The molecular formula is C13H20N4O2. The van der Waals surface area contributed by atoms with E-state index in [2.05, 4.69) is 22.2 Å². The Morgan fingerprint density at radius 2 is 2.37 bits per heavy atom. The average Bonchev–Trinajstić information content (AvgIpc) is 2.41. The molecule has 1 aromatic heterocycles. The number of carbonyl (C=O) groups is 1. The van der Waals surface area contributed by atoms with E-state index in [1.807, 2.05) is 7.05 Å². The van der Waals surface area contributed by atoms with E-state index in [9.17, 15) is 4.79 Å². The molecule has 1 unspecified atom stereocenters. The highest BCUT2D eigenvalue weighted by molar-refractivity contribution is 5.77. The van der Waals surface area contributed by atoms with Crippen molar-refractivity contribution in [3.63, 3.8) is 0 Å². The van der Waals surface area contributed by atoms with Crippen LogP contribution in [0.15, 0.2) is 12.4 Å². The van der Waals surface area contributed by atoms with Crippen LogP contribution >= 0.6 is 0 Å². The van der Waals surface area contributed by atoms with Crippen LogP contribution in [0.4, 0.5) is 5.82 Å². The molecule has 0 radical (unpaired) electrons. The zero-order valence-corrected chi connectivity index (χ0v) is 11.4. The summed E-state index contributed by atoms with van der Waals surface area (Å²) in [7, 11) is 1.83. The van der Waals surface area contributed by atoms with Crippen LogP contribution in [0.3, 0.4) is 0 Å². The fraction of sp³-hybridized carbons (Fsp3) is 0.615. The molecule has 1 fully saturated rings. The van der Waals surface area contributed by atoms with Crippen molar-refractivity contribution in [2.24, 2.45) is 0 Å². The first-order valence-electron chi connectivity index (χ1n) is 6.64. The number of likely N-dealkylation sites (tertiary alicyclic amines) is 1. The molecule has 0 aliphatic carbocycles. The summed E-state index contributed by atoms with van der Waals surface area (Å²) >= 11 is 0. The standard InChI is InChI=1S/C13H20N4O2/c1-3-6-19-12-7-11(14-9-15-12)16-10-4-5-13(18)17(2)8-10/h7,9-10H,3-6,8H2,1-2H3,(H,14,15,16). The van der Waals surface area contributed by atoms with Gasteiger partial charge in [0.1, 0.15) is 12.1 Å². The molecule has 1 saturated heterocycles. The summed E-state index contributed by atoms with van der Waals surface area (Å²) in [5.74, 6) is 1.53. The summed E-state index contributed by atoms with van der Waals surface area (Å²) in [5.41, 5.74) is 0. The fourth-order valence-electron chi connectivity index (χ4n) is 2.04. The largest absolute Gasteiger partial charge is 0.478 e. The Kier molecular flexibility index (Phi) is 4.54. The maximum atomic E-state index is 11.4. The Bertz CT molecular complexity index is 438. The van der Waals surface area contributed by atoms with Crippen LogP contribution in [0.25, 0.3) is 0 Å². The van der Waals surface area contributed by atoms with E-state index < -0.39 is 0 Å². The number of carbonyl (C=O) groups excluding carboxylic acids is 1. The highest BCUT2D eigenvalue weighted by atomic mass is 16.5. The molecule has 0 aromatic carbocycles. The molecule has 104 valence electrons. The summed E-state index contributed by atoms with van der Waals surface area (Å²) in [6.45, 7) is 3.40. The Morgan fingerprint density at radius 3 is 3.11 bits per heavy atom. The van der Waals surface area contributed by atoms with Gasteiger partial charge in [0, 0.05) is 32.1 Å². The highest BCUT2D eigenvalue weighted by Gasteiger charge is 2.22. The average molecular weight is 264 g/mol. The second-order valence-electron chi connectivity index (χ2n) is 4.74. The van der Waals surface area contributed by atoms with E-state index >= 15 is 0 Å². The second kappa shape index (κ2) is 6.36. The molecule has 6 heteroatoms. The van der Waals surface area contributed by atoms with Gasteiger partial charge < -0.3 is 15.0 Å². The molecular weight excluding hydrogens is 244 g/mol. The maximum Gasteiger partial charge on any atom is 0.222 e. The van der Waals surface area contributed by atoms with Crippen molar-refractivity contribution in [2.75, 3.05) is 25.5 Å². The summed E-state index contributed by atoms with van der Waals surface area (Å²) in [6.07, 6.45) is 3.85. The number of anilines is 1. The minimum absolute atomic E-state index is 0.202. The van der Waals surface area contributed by atoms with E-state index in [0.29, 0.717) is 25.5 Å². The van der Waals surface area contributed by atoms with Crippen molar-refractivity contribution < 1.29 is 9.53 Å². The number of piperidine rings is 1. The third-order valence-electron chi connectivity index (χ3n) is 3.07. The van der Waals surface area contributed by atoms with Gasteiger partial charge >= 0.3 is 0 Å². The summed E-state index contributed by atoms with van der Waals surface area (Å²) < 4.78 is 5.47. The number of ether oxygens (including phenoxy) is 1. The third-order valence-corrected chi connectivity index (χ3v) is 3.07. The molecule has 1 aromatic rings. The first-order valence-corrected chi connectivity index (χ1v) is 6.64. The molecule has 2 heterocycles. The van der Waals surface area contributed by atoms with Crippen LogP contribution in [0.1, 0.15) is 26.2 Å². The molecule has 1 atom stereocenters. The van der Waals surface area contributed by atoms with Crippen LogP contribution in [0.2, 0.25) is 0 Å². The van der Waals surface area contributed by atoms with Crippen molar-refractivity contribution in [3.8, 4) is 5.88 Å². The predicted molar refractivity (Wildman–Crippen MR) is 72.1 cm³/mol. The number of nitrogens with zero attached hydrogens (tertiary/aromatic N) is 3. The van der Waals surface area contributed by atoms with Crippen LogP contribution in [-0.4, -0.2) is 47.0 Å². The molecule has 0 saturated carbocycles. The molecule has 2 rings (SSSR count). The minimum Gasteiger partial charge on any atom is -0.478 e. The van der Waals surface area contributed by atoms with Gasteiger partial charge in [0.15, 0.2) is 0 Å². The molecule has 1 aliphatic rings. The van der Waals surface area contributed by atoms with Crippen LogP contribution in [0, 0.1) is 0 Å². The van der Waals surface area contributed by atoms with Crippen molar-refractivity contribution in [2.45, 2.75) is 32.2 Å². The Labute approximate surface area is 113 Å². The topological polar surface area (TPSA) is 67.3 Å². The summed E-state index contributed by atoms with van der Waals surface area (Å²) in [5, 5.41) is 3.32. The molecule has 6 nitrogen and oxygen atoms in total. The van der Waals surface area contributed by atoms with E-state index in [4.69, 9.17) is 4.74 Å². The smallest absolute Gasteiger partial charge is 0.222 e. The van der Waals surface area contributed by atoms with Crippen molar-refractivity contribution in [1.82, 2.24) is 14.9 Å². The lowest BCUT2D eigenvalue weighted by molar-refractivity contribution is -0.132. The molecule has 0 bridgehead atoms. The van der Waals surface area contributed by atoms with Crippen LogP contribution in [-0.2, 0) is 4.79 Å². The number of nitrogens with one attached hydrogen (secondary N) is 1. The number of aromatic nitrogens is 2. The van der Waals surface area contributed by atoms with E-state index in [1.165, 1.54) is 6.33 Å². The van der Waals surface area contributed by atoms with Gasteiger partial charge in [-0.25, -0.2) is 9.97 Å². The number of likely N-dealkylation sites (N-methyl/N-ethyl adjacent to an activating group) is 1. The lowest BCUT2D eigenvalue weighted by Gasteiger charge is -2.30. The monoisotopic (exact) mass is 264 g/mol. The zero-order valence-electron chi connectivity index (χ0n) is 11.4. The molecule has 1 N–H and O–H groups in total. The lowest BCUT2D eigenvalue weighted by atomic mass is 10.1. The first-order chi connectivity index (χ1) is 9.19. The fourth-order valence-corrected chi connectivity index (χ4v) is 2.04. The second-order valence-corrected chi connectivity index (χ2v) is 4.74. The summed E-state index contributed by atoms with van der Waals surface area (Å²) in [4.78, 5) is 21.4. The summed E-state index contributed by atoms with van der Waals surface area (Å²) in [6, 6.07) is 2.03. The third kappa shape index (κ3) is 3.81. The predicted octanol–water partition coefficient (Wildman–Crippen LogP) is 1.30. The van der Waals surface area contributed by atoms with Gasteiger partial charge in [0.2, 0.25) is 11.8 Å². The normalized spacial score (nSPS) is 19.4. The Morgan fingerprint density at radius 1 is 1.53 bits per heavy atom. The molecule has 0 spiro atoms. The van der Waals surface area contributed by atoms with Crippen molar-refractivity contribution >= 4 is 11.7 Å².